The number of alkyl halides is 3. The molecule has 0 saturated carbocycles. The molecule has 2 unspecified atom stereocenters. The van der Waals surface area contributed by atoms with Crippen LogP contribution in [0, 0.1) is 5.92 Å². The third-order valence-corrected chi connectivity index (χ3v) is 4.31. The molecule has 1 amide bonds. The second kappa shape index (κ2) is 8.02. The Kier molecular flexibility index (Phi) is 6.89. The highest BCUT2D eigenvalue weighted by Crippen LogP contribution is 2.29. The molecule has 1 aliphatic rings. The number of halogens is 4. The highest BCUT2D eigenvalue weighted by molar-refractivity contribution is 5.85. The van der Waals surface area contributed by atoms with Crippen LogP contribution in [0.15, 0.2) is 24.3 Å². The minimum absolute atomic E-state index is 0. The number of amides is 1. The molecule has 2 N–H and O–H groups in total. The molecule has 0 radical (unpaired) electrons. The molecular weight excluding hydrogens is 329 g/mol. The molecule has 1 heterocycles. The summed E-state index contributed by atoms with van der Waals surface area (Å²) in [5, 5.41) is 0. The fraction of sp³-hybridized carbons (Fsp3) is 0.562. The number of likely N-dealkylation sites (tertiary alicyclic amines) is 1. The number of nitrogens with two attached hydrogens (primary N) is 1. The lowest BCUT2D eigenvalue weighted by molar-refractivity contribution is -0.137. The van der Waals surface area contributed by atoms with E-state index in [9.17, 15) is 18.0 Å². The summed E-state index contributed by atoms with van der Waals surface area (Å²) in [6, 6.07) is 4.79. The fourth-order valence-corrected chi connectivity index (χ4v) is 3.01. The Balaban J connectivity index is 0.00000264. The van der Waals surface area contributed by atoms with Crippen LogP contribution in [0.1, 0.15) is 30.9 Å². The van der Waals surface area contributed by atoms with Crippen molar-refractivity contribution in [2.75, 3.05) is 13.1 Å². The van der Waals surface area contributed by atoms with Crippen molar-refractivity contribution in [3.05, 3.63) is 35.4 Å². The zero-order chi connectivity index (χ0) is 16.3. The summed E-state index contributed by atoms with van der Waals surface area (Å²) in [4.78, 5) is 14.2. The van der Waals surface area contributed by atoms with Gasteiger partial charge in [-0.1, -0.05) is 19.1 Å². The second-order valence-electron chi connectivity index (χ2n) is 5.88. The van der Waals surface area contributed by atoms with Gasteiger partial charge in [-0.05, 0) is 36.5 Å². The molecule has 2 atom stereocenters. The molecule has 0 aromatic heterocycles. The fourth-order valence-electron chi connectivity index (χ4n) is 3.01. The summed E-state index contributed by atoms with van der Waals surface area (Å²) in [6.45, 7) is 3.17. The standard InChI is InChI=1S/C16H21F3N2O.ClH/c1-11-3-2-8-21(14(11)10-20)15(22)9-12-4-6-13(7-5-12)16(17,18)19;/h4-7,11,14H,2-3,8-10,20H2,1H3;1H. The number of hydrogen-bond acceptors (Lipinski definition) is 2. The zero-order valence-electron chi connectivity index (χ0n) is 13.0. The maximum atomic E-state index is 12.5. The summed E-state index contributed by atoms with van der Waals surface area (Å²) in [7, 11) is 0. The molecule has 0 bridgehead atoms. The molecule has 7 heteroatoms. The number of rotatable bonds is 3. The number of hydrogen-bond donors (Lipinski definition) is 1. The highest BCUT2D eigenvalue weighted by atomic mass is 35.5. The van der Waals surface area contributed by atoms with E-state index in [1.807, 2.05) is 0 Å². The predicted molar refractivity (Wildman–Crippen MR) is 85.3 cm³/mol. The molecule has 0 aliphatic carbocycles. The van der Waals surface area contributed by atoms with E-state index in [4.69, 9.17) is 5.73 Å². The van der Waals surface area contributed by atoms with Crippen molar-refractivity contribution < 1.29 is 18.0 Å². The number of carbonyl (C=O) groups is 1. The normalized spacial score (nSPS) is 21.7. The van der Waals surface area contributed by atoms with E-state index >= 15 is 0 Å². The van der Waals surface area contributed by atoms with Crippen molar-refractivity contribution in [3.8, 4) is 0 Å². The van der Waals surface area contributed by atoms with Gasteiger partial charge in [-0.15, -0.1) is 12.4 Å². The molecule has 130 valence electrons. The van der Waals surface area contributed by atoms with Crippen molar-refractivity contribution in [2.24, 2.45) is 11.7 Å². The number of piperidine rings is 1. The van der Waals surface area contributed by atoms with Crippen LogP contribution in [0.4, 0.5) is 13.2 Å². The van der Waals surface area contributed by atoms with Gasteiger partial charge >= 0.3 is 6.18 Å². The molecule has 1 fully saturated rings. The highest BCUT2D eigenvalue weighted by Gasteiger charge is 2.32. The number of nitrogens with zero attached hydrogens (tertiary/aromatic N) is 1. The van der Waals surface area contributed by atoms with Crippen molar-refractivity contribution in [1.82, 2.24) is 4.90 Å². The SMILES string of the molecule is CC1CCCN(C(=O)Cc2ccc(C(F)(F)F)cc2)C1CN.Cl. The molecule has 0 spiro atoms. The minimum atomic E-state index is -4.35. The van der Waals surface area contributed by atoms with Crippen LogP contribution >= 0.6 is 12.4 Å². The third-order valence-electron chi connectivity index (χ3n) is 4.31. The molecule has 1 aliphatic heterocycles. The van der Waals surface area contributed by atoms with Gasteiger partial charge in [-0.2, -0.15) is 13.2 Å². The number of benzene rings is 1. The van der Waals surface area contributed by atoms with Gasteiger partial charge < -0.3 is 10.6 Å². The largest absolute Gasteiger partial charge is 0.416 e. The smallest absolute Gasteiger partial charge is 0.338 e. The first-order chi connectivity index (χ1) is 10.3. The summed E-state index contributed by atoms with van der Waals surface area (Å²) < 4.78 is 37.6. The summed E-state index contributed by atoms with van der Waals surface area (Å²) >= 11 is 0. The van der Waals surface area contributed by atoms with Gasteiger partial charge in [-0.25, -0.2) is 0 Å². The quantitative estimate of drug-likeness (QED) is 0.909. The van der Waals surface area contributed by atoms with Gasteiger partial charge in [0.15, 0.2) is 0 Å². The lowest BCUT2D eigenvalue weighted by atomic mass is 9.90. The first-order valence-electron chi connectivity index (χ1n) is 7.48. The minimum Gasteiger partial charge on any atom is -0.338 e. The summed E-state index contributed by atoms with van der Waals surface area (Å²) in [5.74, 6) is 0.289. The van der Waals surface area contributed by atoms with Crippen molar-refractivity contribution >= 4 is 18.3 Å². The Bertz CT molecular complexity index is 519. The van der Waals surface area contributed by atoms with Gasteiger partial charge in [-0.3, -0.25) is 4.79 Å². The zero-order valence-corrected chi connectivity index (χ0v) is 13.8. The maximum Gasteiger partial charge on any atom is 0.416 e. The molecule has 23 heavy (non-hydrogen) atoms. The van der Waals surface area contributed by atoms with Crippen molar-refractivity contribution in [1.29, 1.82) is 0 Å². The first kappa shape index (κ1) is 19.8. The predicted octanol–water partition coefficient (Wildman–Crippen LogP) is 3.26. The van der Waals surface area contributed by atoms with Gasteiger partial charge in [0.05, 0.1) is 12.0 Å². The van der Waals surface area contributed by atoms with E-state index < -0.39 is 11.7 Å². The van der Waals surface area contributed by atoms with Crippen molar-refractivity contribution in [2.45, 2.75) is 38.4 Å². The van der Waals surface area contributed by atoms with Crippen LogP contribution in [-0.4, -0.2) is 29.9 Å². The lowest BCUT2D eigenvalue weighted by Crippen LogP contribution is -2.51. The van der Waals surface area contributed by atoms with E-state index in [0.29, 0.717) is 24.6 Å². The molecule has 1 aromatic rings. The monoisotopic (exact) mass is 350 g/mol. The van der Waals surface area contributed by atoms with E-state index in [-0.39, 0.29) is 30.8 Å². The lowest BCUT2D eigenvalue weighted by Gasteiger charge is -2.39. The Morgan fingerprint density at radius 2 is 1.91 bits per heavy atom. The Morgan fingerprint density at radius 3 is 2.43 bits per heavy atom. The van der Waals surface area contributed by atoms with E-state index in [1.165, 1.54) is 12.1 Å². The Morgan fingerprint density at radius 1 is 1.30 bits per heavy atom. The molecule has 1 aromatic carbocycles. The van der Waals surface area contributed by atoms with Gasteiger partial charge in [0, 0.05) is 19.1 Å². The summed E-state index contributed by atoms with van der Waals surface area (Å²) in [6.07, 6.45) is -2.25. The third kappa shape index (κ3) is 4.85. The molecule has 2 rings (SSSR count). The van der Waals surface area contributed by atoms with Crippen LogP contribution in [0.5, 0.6) is 0 Å². The second-order valence-corrected chi connectivity index (χ2v) is 5.88. The van der Waals surface area contributed by atoms with Gasteiger partial charge in [0.2, 0.25) is 5.91 Å². The van der Waals surface area contributed by atoms with Crippen molar-refractivity contribution in [3.63, 3.8) is 0 Å². The van der Waals surface area contributed by atoms with Crippen LogP contribution in [0.3, 0.4) is 0 Å². The van der Waals surface area contributed by atoms with Crippen LogP contribution < -0.4 is 5.73 Å². The topological polar surface area (TPSA) is 46.3 Å². The molecular formula is C16H22ClF3N2O. The maximum absolute atomic E-state index is 12.5. The molecule has 3 nitrogen and oxygen atoms in total. The van der Waals surface area contributed by atoms with Crippen LogP contribution in [0.2, 0.25) is 0 Å². The Labute approximate surface area is 140 Å². The summed E-state index contributed by atoms with van der Waals surface area (Å²) in [5.41, 5.74) is 5.65. The van der Waals surface area contributed by atoms with Crippen LogP contribution in [-0.2, 0) is 17.4 Å². The van der Waals surface area contributed by atoms with Gasteiger partial charge in [0.1, 0.15) is 0 Å². The average molecular weight is 351 g/mol. The van der Waals surface area contributed by atoms with E-state index in [1.54, 1.807) is 4.90 Å². The van der Waals surface area contributed by atoms with E-state index in [0.717, 1.165) is 25.0 Å². The number of carbonyl (C=O) groups excluding carboxylic acids is 1. The van der Waals surface area contributed by atoms with E-state index in [2.05, 4.69) is 6.92 Å². The average Bonchev–Trinajstić information content (AvgIpc) is 2.46. The van der Waals surface area contributed by atoms with Crippen LogP contribution in [0.25, 0.3) is 0 Å². The Hall–Kier alpha value is -1.27. The molecule has 1 saturated heterocycles. The van der Waals surface area contributed by atoms with Gasteiger partial charge in [0.25, 0.3) is 0 Å². The first-order valence-corrected chi connectivity index (χ1v) is 7.48.